The molecule has 0 aromatic rings. The number of nitrogens with two attached hydrogens (primary N) is 2. The van der Waals surface area contributed by atoms with E-state index in [1.54, 1.807) is 4.90 Å². The highest BCUT2D eigenvalue weighted by atomic mass is 16.5. The summed E-state index contributed by atoms with van der Waals surface area (Å²) in [6, 6.07) is 0.542. The van der Waals surface area contributed by atoms with Crippen LogP contribution in [0, 0.1) is 5.92 Å². The van der Waals surface area contributed by atoms with Gasteiger partial charge in [0.2, 0.25) is 5.91 Å². The number of esters is 1. The molecule has 330 valence electrons. The van der Waals surface area contributed by atoms with Gasteiger partial charge in [0.1, 0.15) is 12.0 Å². The Hall–Kier alpha value is -1.64. The van der Waals surface area contributed by atoms with E-state index in [1.165, 1.54) is 57.8 Å². The second-order valence-electron chi connectivity index (χ2n) is 17.8. The van der Waals surface area contributed by atoms with Crippen molar-refractivity contribution < 1.29 is 29.3 Å². The number of hydrogen-bond donors (Lipinski definition) is 6. The molecule has 1 amide bonds. The van der Waals surface area contributed by atoms with E-state index in [1.807, 2.05) is 6.92 Å². The molecule has 0 radical (unpaired) electrons. The smallest absolute Gasteiger partial charge is 0.312 e. The Morgan fingerprint density at radius 2 is 1.61 bits per heavy atom. The molecular weight excluding hydrogens is 721 g/mol. The van der Waals surface area contributed by atoms with Gasteiger partial charge in [-0.25, -0.2) is 0 Å². The topological polar surface area (TPSA) is 176 Å². The molecule has 4 rings (SSSR count). The number of aliphatic hydroxyl groups excluding tert-OH is 2. The highest BCUT2D eigenvalue weighted by Crippen LogP contribution is 2.44. The molecule has 12 heteroatoms. The van der Waals surface area contributed by atoms with Crippen molar-refractivity contribution in [1.82, 2.24) is 20.4 Å². The summed E-state index contributed by atoms with van der Waals surface area (Å²) in [5, 5.41) is 27.9. The van der Waals surface area contributed by atoms with Crippen LogP contribution in [0.5, 0.6) is 0 Å². The summed E-state index contributed by atoms with van der Waals surface area (Å²) < 4.78 is 12.8. The lowest BCUT2D eigenvalue weighted by molar-refractivity contribution is -0.187. The van der Waals surface area contributed by atoms with Crippen molar-refractivity contribution in [1.29, 1.82) is 0 Å². The van der Waals surface area contributed by atoms with Crippen LogP contribution >= 0.6 is 0 Å². The number of carbonyl (C=O) groups is 2. The van der Waals surface area contributed by atoms with Crippen LogP contribution in [0.1, 0.15) is 174 Å². The molecule has 4 heterocycles. The molecule has 0 aliphatic carbocycles. The van der Waals surface area contributed by atoms with Gasteiger partial charge in [-0.15, -0.1) is 0 Å². The maximum absolute atomic E-state index is 13.8. The maximum atomic E-state index is 13.8. The quantitative estimate of drug-likeness (QED) is 0.0299. The van der Waals surface area contributed by atoms with Gasteiger partial charge >= 0.3 is 5.97 Å². The third-order valence-corrected chi connectivity index (χ3v) is 13.0. The van der Waals surface area contributed by atoms with Crippen molar-refractivity contribution in [2.24, 2.45) is 17.4 Å². The van der Waals surface area contributed by atoms with Gasteiger partial charge in [-0.2, -0.15) is 0 Å². The Morgan fingerprint density at radius 1 is 0.930 bits per heavy atom. The predicted octanol–water partition coefficient (Wildman–Crippen LogP) is 5.97. The molecule has 0 saturated carbocycles. The summed E-state index contributed by atoms with van der Waals surface area (Å²) in [6.45, 7) is 6.44. The van der Waals surface area contributed by atoms with Gasteiger partial charge in [0, 0.05) is 44.1 Å². The van der Waals surface area contributed by atoms with Crippen molar-refractivity contribution in [3.8, 4) is 0 Å². The van der Waals surface area contributed by atoms with E-state index < -0.39 is 6.10 Å². The fourth-order valence-corrected chi connectivity index (χ4v) is 9.91. The molecule has 1 spiro atoms. The molecule has 3 fully saturated rings. The first kappa shape index (κ1) is 48.0. The van der Waals surface area contributed by atoms with E-state index in [0.29, 0.717) is 51.7 Å². The highest BCUT2D eigenvalue weighted by molar-refractivity contribution is 5.76. The van der Waals surface area contributed by atoms with E-state index in [9.17, 15) is 19.8 Å². The van der Waals surface area contributed by atoms with Crippen LogP contribution in [0.4, 0.5) is 0 Å². The first-order chi connectivity index (χ1) is 27.7. The number of amides is 1. The van der Waals surface area contributed by atoms with Gasteiger partial charge < -0.3 is 36.1 Å². The number of rotatable bonds is 29. The summed E-state index contributed by atoms with van der Waals surface area (Å²) in [6.07, 6.45) is 29.0. The maximum Gasteiger partial charge on any atom is 0.312 e. The summed E-state index contributed by atoms with van der Waals surface area (Å²) in [7, 11) is 0. The van der Waals surface area contributed by atoms with Crippen LogP contribution in [0.3, 0.4) is 0 Å². The molecule has 4 aliphatic heterocycles. The van der Waals surface area contributed by atoms with E-state index >= 15 is 0 Å². The minimum atomic E-state index is -0.565. The van der Waals surface area contributed by atoms with Crippen molar-refractivity contribution in [3.63, 3.8) is 0 Å². The van der Waals surface area contributed by atoms with Gasteiger partial charge in [0.05, 0.1) is 30.8 Å². The van der Waals surface area contributed by atoms with E-state index in [-0.39, 0.29) is 54.1 Å². The second-order valence-corrected chi connectivity index (χ2v) is 17.8. The molecule has 0 aromatic heterocycles. The molecule has 8 N–H and O–H groups in total. The zero-order valence-corrected chi connectivity index (χ0v) is 36.1. The Labute approximate surface area is 346 Å². The molecule has 57 heavy (non-hydrogen) atoms. The Bertz CT molecular complexity index is 1160. The molecule has 9 unspecified atom stereocenters. The summed E-state index contributed by atoms with van der Waals surface area (Å²) in [4.78, 5) is 30.8. The summed E-state index contributed by atoms with van der Waals surface area (Å²) in [5.41, 5.74) is 10.8. The van der Waals surface area contributed by atoms with Gasteiger partial charge in [-0.1, -0.05) is 89.7 Å². The molecule has 12 nitrogen and oxygen atoms in total. The Kier molecular flexibility index (Phi) is 22.4. The molecule has 9 atom stereocenters. The lowest BCUT2D eigenvalue weighted by atomic mass is 9.84. The zero-order chi connectivity index (χ0) is 40.9. The average Bonchev–Trinajstić information content (AvgIpc) is 3.50. The van der Waals surface area contributed by atoms with Crippen molar-refractivity contribution in [2.75, 3.05) is 32.8 Å². The third-order valence-electron chi connectivity index (χ3n) is 13.0. The lowest BCUT2D eigenvalue weighted by Crippen LogP contribution is -2.77. The van der Waals surface area contributed by atoms with Gasteiger partial charge in [0.25, 0.3) is 0 Å². The fourth-order valence-electron chi connectivity index (χ4n) is 9.91. The molecule has 4 aliphatic rings. The highest BCUT2D eigenvalue weighted by Gasteiger charge is 2.57. The van der Waals surface area contributed by atoms with Crippen molar-refractivity contribution >= 4 is 11.9 Å². The number of allylic oxidation sites excluding steroid dienone is 1. The van der Waals surface area contributed by atoms with Crippen LogP contribution in [0.15, 0.2) is 12.2 Å². The number of unbranched alkanes of at least 4 members (excludes halogenated alkanes) is 12. The minimum Gasteiger partial charge on any atom is -0.465 e. The van der Waals surface area contributed by atoms with Crippen molar-refractivity contribution in [3.05, 3.63) is 12.2 Å². The predicted molar refractivity (Wildman–Crippen MR) is 228 cm³/mol. The molecule has 3 saturated heterocycles. The molecule has 0 aromatic carbocycles. The second kappa shape index (κ2) is 26.5. The Morgan fingerprint density at radius 3 is 2.26 bits per heavy atom. The average molecular weight is 805 g/mol. The van der Waals surface area contributed by atoms with Crippen LogP contribution in [0.2, 0.25) is 0 Å². The largest absolute Gasteiger partial charge is 0.465 e. The van der Waals surface area contributed by atoms with Gasteiger partial charge in [0.15, 0.2) is 0 Å². The van der Waals surface area contributed by atoms with Crippen molar-refractivity contribution in [2.45, 2.75) is 223 Å². The SMILES string of the molecule is CCC1C=CCCC2(CC3CCC4C(C(=O)OCCCCCCCCCCCCCCCC(=O)N(CCCN)CC(O)CCN)C(CCCC(C)O)NC(N2)N34)O1. The lowest BCUT2D eigenvalue weighted by Gasteiger charge is -2.56. The molecule has 0 bridgehead atoms. The molecular formula is C45H84N6O6. The van der Waals surface area contributed by atoms with Gasteiger partial charge in [-0.05, 0) is 97.1 Å². The normalized spacial score (nSPS) is 28.2. The van der Waals surface area contributed by atoms with Crippen LogP contribution in [0.25, 0.3) is 0 Å². The van der Waals surface area contributed by atoms with Crippen LogP contribution < -0.4 is 22.1 Å². The Balaban J connectivity index is 1.06. The first-order valence-corrected chi connectivity index (χ1v) is 23.6. The van der Waals surface area contributed by atoms with Crippen LogP contribution in [-0.2, 0) is 19.1 Å². The van der Waals surface area contributed by atoms with E-state index in [4.69, 9.17) is 20.9 Å². The van der Waals surface area contributed by atoms with E-state index in [0.717, 1.165) is 89.9 Å². The summed E-state index contributed by atoms with van der Waals surface area (Å²) in [5.74, 6) is -0.132. The number of carbonyl (C=O) groups excluding carboxylic acids is 2. The number of nitrogens with one attached hydrogen (secondary N) is 2. The first-order valence-electron chi connectivity index (χ1n) is 23.6. The van der Waals surface area contributed by atoms with Gasteiger partial charge in [-0.3, -0.25) is 25.1 Å². The standard InChI is InChI=1S/C45H84N6O6/c1-3-38-22-16-17-28-45(57-38)33-36-25-26-40-42(39(23-19-21-35(2)52)48-44(49-45)51(36)40)43(55)56-32-18-14-12-10-8-6-4-5-7-9-11-13-15-24-41(54)50(31-20-29-46)34-37(53)27-30-47/h16,22,35-40,42,44,48-49,52-53H,3-15,17-21,23-34,46-47H2,1-2H3. The monoisotopic (exact) mass is 805 g/mol. The fraction of sp³-hybridized carbons (Fsp3) is 0.911. The third kappa shape index (κ3) is 16.1. The minimum absolute atomic E-state index is 0.00175. The number of aliphatic hydroxyl groups is 2. The number of hydrogen-bond acceptors (Lipinski definition) is 11. The number of ether oxygens (including phenoxy) is 2. The van der Waals surface area contributed by atoms with Crippen LogP contribution in [-0.4, -0.2) is 113 Å². The summed E-state index contributed by atoms with van der Waals surface area (Å²) >= 11 is 0. The van der Waals surface area contributed by atoms with E-state index in [2.05, 4.69) is 34.6 Å². The number of nitrogens with zero attached hydrogens (tertiary/aromatic N) is 2. The zero-order valence-electron chi connectivity index (χ0n) is 36.1.